The van der Waals surface area contributed by atoms with Crippen LogP contribution in [0.2, 0.25) is 5.02 Å². The number of carbonyl (C=O) groups is 1. The number of halogens is 1. The first-order valence-corrected chi connectivity index (χ1v) is 11.4. The van der Waals surface area contributed by atoms with Crippen LogP contribution in [0.5, 0.6) is 0 Å². The largest absolute Gasteiger partial charge is 0.383 e. The fraction of sp³-hybridized carbons (Fsp3) is 0.208. The molecule has 4 rings (SSSR count). The first kappa shape index (κ1) is 22.2. The number of hydrogen-bond donors (Lipinski definition) is 0. The second-order valence-electron chi connectivity index (χ2n) is 7.25. The van der Waals surface area contributed by atoms with E-state index in [1.807, 2.05) is 30.5 Å². The number of ether oxygens (including phenoxy) is 1. The predicted octanol–water partition coefficient (Wildman–Crippen LogP) is 4.95. The molecular weight excluding hydrogens is 446 g/mol. The highest BCUT2D eigenvalue weighted by molar-refractivity contribution is 7.12. The van der Waals surface area contributed by atoms with E-state index < -0.39 is 6.04 Å². The van der Waals surface area contributed by atoms with Gasteiger partial charge in [0.15, 0.2) is 0 Å². The zero-order valence-electron chi connectivity index (χ0n) is 17.7. The summed E-state index contributed by atoms with van der Waals surface area (Å²) in [4.78, 5) is 34.0. The third-order valence-corrected chi connectivity index (χ3v) is 6.33. The summed E-state index contributed by atoms with van der Waals surface area (Å²) in [6.07, 6.45) is 0. The molecule has 4 aromatic rings. The monoisotopic (exact) mass is 467 g/mol. The molecule has 8 heteroatoms. The van der Waals surface area contributed by atoms with Crippen LogP contribution in [0.4, 0.5) is 0 Å². The molecule has 0 aliphatic rings. The molecule has 0 saturated heterocycles. The van der Waals surface area contributed by atoms with Crippen molar-refractivity contribution in [3.8, 4) is 5.69 Å². The average Bonchev–Trinajstić information content (AvgIpc) is 3.34. The third-order valence-electron chi connectivity index (χ3n) is 5.24. The molecule has 164 valence electrons. The van der Waals surface area contributed by atoms with Crippen LogP contribution in [-0.2, 0) is 4.74 Å². The van der Waals surface area contributed by atoms with Crippen molar-refractivity contribution >= 4 is 39.7 Å². The smallest absolute Gasteiger partial charge is 0.266 e. The third kappa shape index (κ3) is 4.32. The fourth-order valence-electron chi connectivity index (χ4n) is 3.64. The van der Waals surface area contributed by atoms with Crippen LogP contribution in [0, 0.1) is 0 Å². The highest BCUT2D eigenvalue weighted by Gasteiger charge is 2.28. The molecule has 2 heterocycles. The highest BCUT2D eigenvalue weighted by Crippen LogP contribution is 2.26. The molecule has 0 saturated carbocycles. The second-order valence-corrected chi connectivity index (χ2v) is 8.64. The lowest BCUT2D eigenvalue weighted by atomic mass is 10.1. The normalized spacial score (nSPS) is 12.1. The Morgan fingerprint density at radius 3 is 2.72 bits per heavy atom. The summed E-state index contributed by atoms with van der Waals surface area (Å²) in [5.41, 5.74) is 0.959. The van der Waals surface area contributed by atoms with Gasteiger partial charge >= 0.3 is 0 Å². The quantitative estimate of drug-likeness (QED) is 0.385. The van der Waals surface area contributed by atoms with Gasteiger partial charge in [-0.05, 0) is 48.7 Å². The summed E-state index contributed by atoms with van der Waals surface area (Å²) in [5.74, 6) is 0.321. The molecule has 2 aromatic carbocycles. The molecule has 1 unspecified atom stereocenters. The van der Waals surface area contributed by atoms with Gasteiger partial charge in [-0.3, -0.25) is 14.2 Å². The van der Waals surface area contributed by atoms with Crippen LogP contribution in [0.25, 0.3) is 16.6 Å². The minimum atomic E-state index is -0.504. The van der Waals surface area contributed by atoms with E-state index in [1.54, 1.807) is 59.0 Å². The van der Waals surface area contributed by atoms with Crippen LogP contribution in [0.1, 0.15) is 28.5 Å². The first-order valence-electron chi connectivity index (χ1n) is 10.1. The number of hydrogen-bond acceptors (Lipinski definition) is 5. The molecule has 0 bridgehead atoms. The van der Waals surface area contributed by atoms with Crippen molar-refractivity contribution in [1.29, 1.82) is 0 Å². The van der Waals surface area contributed by atoms with Crippen molar-refractivity contribution in [2.24, 2.45) is 0 Å². The molecule has 1 amide bonds. The van der Waals surface area contributed by atoms with Crippen molar-refractivity contribution in [1.82, 2.24) is 14.5 Å². The molecule has 2 aromatic heterocycles. The van der Waals surface area contributed by atoms with Crippen molar-refractivity contribution in [3.05, 3.63) is 92.1 Å². The lowest BCUT2D eigenvalue weighted by Gasteiger charge is -2.30. The van der Waals surface area contributed by atoms with E-state index in [2.05, 4.69) is 0 Å². The maximum Gasteiger partial charge on any atom is 0.266 e. The Bertz CT molecular complexity index is 1300. The lowest BCUT2D eigenvalue weighted by Crippen LogP contribution is -2.39. The van der Waals surface area contributed by atoms with E-state index in [4.69, 9.17) is 21.3 Å². The van der Waals surface area contributed by atoms with Gasteiger partial charge < -0.3 is 9.64 Å². The number of rotatable bonds is 7. The molecule has 0 aliphatic heterocycles. The van der Waals surface area contributed by atoms with Crippen molar-refractivity contribution in [2.75, 3.05) is 20.3 Å². The number of para-hydroxylation sites is 1. The Kier molecular flexibility index (Phi) is 6.69. The van der Waals surface area contributed by atoms with Crippen molar-refractivity contribution < 1.29 is 9.53 Å². The molecular formula is C24H22ClN3O3S. The maximum absolute atomic E-state index is 13.6. The zero-order chi connectivity index (χ0) is 22.7. The first-order chi connectivity index (χ1) is 15.5. The molecule has 0 radical (unpaired) electrons. The number of benzene rings is 2. The van der Waals surface area contributed by atoms with E-state index in [0.717, 1.165) is 0 Å². The van der Waals surface area contributed by atoms with Gasteiger partial charge in [-0.2, -0.15) is 0 Å². The van der Waals surface area contributed by atoms with Crippen molar-refractivity contribution in [2.45, 2.75) is 13.0 Å². The fourth-order valence-corrected chi connectivity index (χ4v) is 4.50. The van der Waals surface area contributed by atoms with Gasteiger partial charge in [0.25, 0.3) is 11.5 Å². The van der Waals surface area contributed by atoms with Gasteiger partial charge in [-0.1, -0.05) is 35.9 Å². The van der Waals surface area contributed by atoms with Crippen LogP contribution in [0.15, 0.2) is 70.8 Å². The number of carbonyl (C=O) groups excluding carboxylic acids is 1. The summed E-state index contributed by atoms with van der Waals surface area (Å²) >= 11 is 7.61. The zero-order valence-corrected chi connectivity index (χ0v) is 19.3. The molecule has 0 N–H and O–H groups in total. The number of nitrogens with zero attached hydrogens (tertiary/aromatic N) is 3. The molecule has 0 spiro atoms. The minimum absolute atomic E-state index is 0.135. The van der Waals surface area contributed by atoms with E-state index in [-0.39, 0.29) is 11.5 Å². The van der Waals surface area contributed by atoms with E-state index >= 15 is 0 Å². The van der Waals surface area contributed by atoms with Gasteiger partial charge in [0, 0.05) is 18.7 Å². The van der Waals surface area contributed by atoms with Crippen LogP contribution in [0.3, 0.4) is 0 Å². The Balaban J connectivity index is 1.91. The number of methoxy groups -OCH3 is 1. The summed E-state index contributed by atoms with van der Waals surface area (Å²) in [6, 6.07) is 17.4. The lowest BCUT2D eigenvalue weighted by molar-refractivity contribution is 0.0610. The summed E-state index contributed by atoms with van der Waals surface area (Å²) in [5, 5.41) is 2.87. The maximum atomic E-state index is 13.6. The number of thiophene rings is 1. The second kappa shape index (κ2) is 9.65. The SMILES string of the molecule is COCCN(C(=O)c1cccs1)C(C)c1nc2ccccc2c(=O)n1-c1cccc(Cl)c1. The number of aromatic nitrogens is 2. The van der Waals surface area contributed by atoms with E-state index in [0.29, 0.717) is 45.5 Å². The van der Waals surface area contributed by atoms with Crippen LogP contribution >= 0.6 is 22.9 Å². The topological polar surface area (TPSA) is 64.4 Å². The van der Waals surface area contributed by atoms with Gasteiger partial charge in [0.1, 0.15) is 5.82 Å². The van der Waals surface area contributed by atoms with Crippen LogP contribution < -0.4 is 5.56 Å². The van der Waals surface area contributed by atoms with Crippen molar-refractivity contribution in [3.63, 3.8) is 0 Å². The van der Waals surface area contributed by atoms with Gasteiger partial charge in [0.2, 0.25) is 0 Å². The van der Waals surface area contributed by atoms with Gasteiger partial charge in [0.05, 0.1) is 34.1 Å². The Morgan fingerprint density at radius 1 is 1.19 bits per heavy atom. The molecule has 6 nitrogen and oxygen atoms in total. The predicted molar refractivity (Wildman–Crippen MR) is 128 cm³/mol. The molecule has 32 heavy (non-hydrogen) atoms. The summed E-state index contributed by atoms with van der Waals surface area (Å²) in [6.45, 7) is 2.59. The van der Waals surface area contributed by atoms with E-state index in [1.165, 1.54) is 11.3 Å². The Hall–Kier alpha value is -3.00. The summed E-state index contributed by atoms with van der Waals surface area (Å²) in [7, 11) is 1.59. The molecule has 0 fully saturated rings. The van der Waals surface area contributed by atoms with Gasteiger partial charge in [-0.25, -0.2) is 4.98 Å². The van der Waals surface area contributed by atoms with Gasteiger partial charge in [-0.15, -0.1) is 11.3 Å². The summed E-state index contributed by atoms with van der Waals surface area (Å²) < 4.78 is 6.80. The highest BCUT2D eigenvalue weighted by atomic mass is 35.5. The average molecular weight is 468 g/mol. The van der Waals surface area contributed by atoms with E-state index in [9.17, 15) is 9.59 Å². The number of fused-ring (bicyclic) bond motifs is 1. The Labute approximate surface area is 194 Å². The standard InChI is InChI=1S/C24H22ClN3O3S/c1-16(27(12-13-31-2)24(30)21-11-6-14-32-21)22-26-20-10-4-3-9-19(20)23(29)28(22)18-8-5-7-17(25)15-18/h3-11,14-16H,12-13H2,1-2H3. The molecule has 0 aliphatic carbocycles. The van der Waals surface area contributed by atoms with Crippen LogP contribution in [-0.4, -0.2) is 40.6 Å². The Morgan fingerprint density at radius 2 is 2.00 bits per heavy atom. The molecule has 1 atom stereocenters. The minimum Gasteiger partial charge on any atom is -0.383 e. The number of amides is 1.